The van der Waals surface area contributed by atoms with Crippen LogP contribution in [0.4, 0.5) is 5.69 Å². The van der Waals surface area contributed by atoms with E-state index in [1.54, 1.807) is 18.3 Å². The summed E-state index contributed by atoms with van der Waals surface area (Å²) in [4.78, 5) is 34.7. The number of anilines is 1. The van der Waals surface area contributed by atoms with E-state index < -0.39 is 17.9 Å². The number of rotatable bonds is 11. The van der Waals surface area contributed by atoms with Gasteiger partial charge in [-0.05, 0) is 105 Å². The van der Waals surface area contributed by atoms with Crippen LogP contribution in [0.1, 0.15) is 72.1 Å². The summed E-state index contributed by atoms with van der Waals surface area (Å²) in [6.07, 6.45) is 10.1. The average Bonchev–Trinajstić information content (AvgIpc) is 3.83. The zero-order valence-corrected chi connectivity index (χ0v) is 23.6. The van der Waals surface area contributed by atoms with Gasteiger partial charge in [-0.15, -0.1) is 0 Å². The number of ether oxygens (including phenoxy) is 1. The van der Waals surface area contributed by atoms with Crippen molar-refractivity contribution in [2.75, 3.05) is 11.9 Å². The Kier molecular flexibility index (Phi) is 10.2. The van der Waals surface area contributed by atoms with E-state index in [4.69, 9.17) is 4.74 Å². The average molecular weight is 635 g/mol. The molecule has 2 fully saturated rings. The van der Waals surface area contributed by atoms with Gasteiger partial charge >= 0.3 is 30.8 Å². The molecule has 0 bridgehead atoms. The van der Waals surface area contributed by atoms with Gasteiger partial charge in [-0.1, -0.05) is 25.7 Å². The summed E-state index contributed by atoms with van der Waals surface area (Å²) < 4.78 is 7.12. The monoisotopic (exact) mass is 633 g/mol. The Morgan fingerprint density at radius 1 is 0.842 bits per heavy atom. The molecule has 2 heterocycles. The zero-order chi connectivity index (χ0) is 25.8. The Bertz CT molecular complexity index is 1230. The van der Waals surface area contributed by atoms with Crippen LogP contribution in [0.15, 0.2) is 69.9 Å². The first kappa shape index (κ1) is 29.0. The third kappa shape index (κ3) is 8.26. The third-order valence-corrected chi connectivity index (χ3v) is 7.95. The van der Waals surface area contributed by atoms with Crippen molar-refractivity contribution in [2.45, 2.75) is 50.4 Å². The van der Waals surface area contributed by atoms with Crippen LogP contribution in [-0.4, -0.2) is 47.3 Å². The molecule has 0 spiro atoms. The van der Waals surface area contributed by atoms with Crippen molar-refractivity contribution in [1.29, 1.82) is 0 Å². The van der Waals surface area contributed by atoms with Crippen LogP contribution in [0.5, 0.6) is 0 Å². The van der Waals surface area contributed by atoms with E-state index in [0.29, 0.717) is 29.5 Å². The van der Waals surface area contributed by atoms with Crippen molar-refractivity contribution in [1.82, 2.24) is 9.97 Å². The van der Waals surface area contributed by atoms with Gasteiger partial charge in [0.1, 0.15) is 0 Å². The molecule has 0 amide bonds. The number of benzene rings is 1. The van der Waals surface area contributed by atoms with Crippen molar-refractivity contribution in [3.63, 3.8) is 0 Å². The van der Waals surface area contributed by atoms with Gasteiger partial charge in [0.2, 0.25) is 0 Å². The Balaban J connectivity index is 0.00000336. The molecule has 2 aromatic heterocycles. The molecule has 194 valence electrons. The van der Waals surface area contributed by atoms with Crippen molar-refractivity contribution < 1.29 is 14.3 Å². The molecule has 2 aliphatic rings. The van der Waals surface area contributed by atoms with E-state index in [1.807, 2.05) is 36.5 Å². The van der Waals surface area contributed by atoms with E-state index in [0.717, 1.165) is 52.1 Å². The standard InChI is InChI=1S/C29H29Br2N3O3.Li.H/c30-22-7-11-26(33-16-22)21(13-18-1-2-18)15-32-24-9-5-20(6-10-24)28(35)37-29(36)25(14-19-3-4-19)27-12-8-23(31)17-34-27;;/h5-12,16-19,21,25,32H,1-4,13-15H2;;. The van der Waals surface area contributed by atoms with Gasteiger partial charge in [0.15, 0.2) is 0 Å². The molecule has 0 radical (unpaired) electrons. The van der Waals surface area contributed by atoms with Crippen LogP contribution >= 0.6 is 31.9 Å². The van der Waals surface area contributed by atoms with E-state index in [2.05, 4.69) is 53.2 Å². The van der Waals surface area contributed by atoms with Crippen molar-refractivity contribution in [3.05, 3.63) is 86.8 Å². The topological polar surface area (TPSA) is 81.2 Å². The van der Waals surface area contributed by atoms with E-state index in [1.165, 1.54) is 12.8 Å². The van der Waals surface area contributed by atoms with Gasteiger partial charge in [0, 0.05) is 45.2 Å². The second-order valence-electron chi connectivity index (χ2n) is 10.1. The first-order valence-electron chi connectivity index (χ1n) is 12.8. The van der Waals surface area contributed by atoms with Gasteiger partial charge in [0.25, 0.3) is 0 Å². The second-order valence-corrected chi connectivity index (χ2v) is 11.9. The van der Waals surface area contributed by atoms with Crippen molar-refractivity contribution >= 4 is 68.3 Å². The molecule has 6 nitrogen and oxygen atoms in total. The number of pyridine rings is 2. The molecule has 0 aliphatic heterocycles. The number of nitrogens with one attached hydrogen (secondary N) is 1. The first-order chi connectivity index (χ1) is 17.9. The zero-order valence-electron chi connectivity index (χ0n) is 20.4. The fraction of sp³-hybridized carbons (Fsp3) is 0.379. The van der Waals surface area contributed by atoms with Gasteiger partial charge < -0.3 is 10.1 Å². The molecule has 2 atom stereocenters. The predicted octanol–water partition coefficient (Wildman–Crippen LogP) is 6.62. The summed E-state index contributed by atoms with van der Waals surface area (Å²) in [6, 6.07) is 14.9. The molecule has 9 heteroatoms. The number of carbonyl (C=O) groups is 2. The summed E-state index contributed by atoms with van der Waals surface area (Å²) in [5.41, 5.74) is 2.97. The Morgan fingerprint density at radius 3 is 1.97 bits per heavy atom. The van der Waals surface area contributed by atoms with Crippen LogP contribution in [-0.2, 0) is 9.53 Å². The minimum absolute atomic E-state index is 0. The molecule has 1 aromatic carbocycles. The summed E-state index contributed by atoms with van der Waals surface area (Å²) in [6.45, 7) is 0.760. The maximum absolute atomic E-state index is 13.0. The summed E-state index contributed by atoms with van der Waals surface area (Å²) in [5.74, 6) is -0.137. The van der Waals surface area contributed by atoms with Crippen LogP contribution in [0.25, 0.3) is 0 Å². The quantitative estimate of drug-likeness (QED) is 0.145. The SMILES string of the molecule is O=C(OC(=O)C(CC1CC1)c1ccc(Br)cn1)c1ccc(NCC(CC2CC2)c2ccc(Br)cn2)cc1.[LiH]. The molecule has 3 aromatic rings. The number of hydrogen-bond donors (Lipinski definition) is 1. The maximum atomic E-state index is 13.0. The van der Waals surface area contributed by atoms with Gasteiger partial charge in [-0.25, -0.2) is 4.79 Å². The molecule has 0 saturated heterocycles. The van der Waals surface area contributed by atoms with E-state index in [-0.39, 0.29) is 18.9 Å². The number of nitrogens with zero attached hydrogens (tertiary/aromatic N) is 2. The van der Waals surface area contributed by atoms with E-state index >= 15 is 0 Å². The Morgan fingerprint density at radius 2 is 1.42 bits per heavy atom. The summed E-state index contributed by atoms with van der Waals surface area (Å²) >= 11 is 6.84. The van der Waals surface area contributed by atoms with Crippen molar-refractivity contribution in [2.24, 2.45) is 11.8 Å². The molecular formula is C29H30Br2LiN3O3. The molecular weight excluding hydrogens is 605 g/mol. The van der Waals surface area contributed by atoms with Gasteiger partial charge in [-0.2, -0.15) is 0 Å². The summed E-state index contributed by atoms with van der Waals surface area (Å²) in [7, 11) is 0. The van der Waals surface area contributed by atoms with Crippen molar-refractivity contribution in [3.8, 4) is 0 Å². The second kappa shape index (κ2) is 13.4. The molecule has 2 unspecified atom stereocenters. The van der Waals surface area contributed by atoms with Gasteiger partial charge in [0.05, 0.1) is 17.2 Å². The predicted molar refractivity (Wildman–Crippen MR) is 157 cm³/mol. The van der Waals surface area contributed by atoms with Crippen LogP contribution in [0, 0.1) is 11.8 Å². The molecule has 1 N–H and O–H groups in total. The van der Waals surface area contributed by atoms with E-state index in [9.17, 15) is 9.59 Å². The number of halogens is 2. The number of esters is 2. The first-order valence-corrected chi connectivity index (χ1v) is 14.4. The Labute approximate surface area is 252 Å². The molecule has 5 rings (SSSR count). The molecule has 2 aliphatic carbocycles. The van der Waals surface area contributed by atoms with Crippen LogP contribution < -0.4 is 5.32 Å². The number of carbonyl (C=O) groups excluding carboxylic acids is 2. The van der Waals surface area contributed by atoms with Crippen LogP contribution in [0.2, 0.25) is 0 Å². The number of hydrogen-bond acceptors (Lipinski definition) is 6. The number of aromatic nitrogens is 2. The van der Waals surface area contributed by atoms with Crippen LogP contribution in [0.3, 0.4) is 0 Å². The fourth-order valence-electron chi connectivity index (χ4n) is 4.50. The molecule has 38 heavy (non-hydrogen) atoms. The normalized spacial score (nSPS) is 16.2. The molecule has 2 saturated carbocycles. The fourth-order valence-corrected chi connectivity index (χ4v) is 4.97. The Hall–Kier alpha value is -1.98. The third-order valence-electron chi connectivity index (χ3n) is 7.01. The minimum atomic E-state index is -0.639. The summed E-state index contributed by atoms with van der Waals surface area (Å²) in [5, 5.41) is 3.49. The van der Waals surface area contributed by atoms with Gasteiger partial charge in [-0.3, -0.25) is 14.8 Å².